The third-order valence-electron chi connectivity index (χ3n) is 2.82. The van der Waals surface area contributed by atoms with Gasteiger partial charge in [0, 0.05) is 12.4 Å². The first-order valence-corrected chi connectivity index (χ1v) is 6.71. The summed E-state index contributed by atoms with van der Waals surface area (Å²) in [6.07, 6.45) is 1.88. The molecule has 4 heteroatoms. The fraction of sp³-hybridized carbons (Fsp3) is 0.500. The molecule has 2 N–H and O–H groups in total. The van der Waals surface area contributed by atoms with Crippen molar-refractivity contribution in [3.63, 3.8) is 0 Å². The van der Waals surface area contributed by atoms with Crippen molar-refractivity contribution in [3.05, 3.63) is 29.3 Å². The average Bonchev–Trinajstić information content (AvgIpc) is 2.36. The lowest BCUT2D eigenvalue weighted by atomic mass is 10.1. The summed E-state index contributed by atoms with van der Waals surface area (Å²) in [7, 11) is 0. The first kappa shape index (κ1) is 14.8. The molecule has 1 aromatic rings. The molecule has 1 amide bonds. The Morgan fingerprint density at radius 1 is 1.50 bits per heavy atom. The maximum atomic E-state index is 11.8. The number of carbonyl (C=O) groups excluding carboxylic acids is 1. The lowest BCUT2D eigenvalue weighted by molar-refractivity contribution is 0.0950. The van der Waals surface area contributed by atoms with Gasteiger partial charge in [-0.15, -0.1) is 11.6 Å². The summed E-state index contributed by atoms with van der Waals surface area (Å²) in [5.74, 6) is 0.907. The van der Waals surface area contributed by atoms with Gasteiger partial charge in [-0.2, -0.15) is 0 Å². The molecule has 0 heterocycles. The molecular weight excluding hydrogens is 250 g/mol. The van der Waals surface area contributed by atoms with Crippen LogP contribution in [0, 0.1) is 12.8 Å². The van der Waals surface area contributed by atoms with Gasteiger partial charge in [-0.05, 0) is 37.8 Å². The van der Waals surface area contributed by atoms with Crippen LogP contribution >= 0.6 is 11.6 Å². The van der Waals surface area contributed by atoms with E-state index in [0.717, 1.165) is 18.4 Å². The summed E-state index contributed by atoms with van der Waals surface area (Å²) < 4.78 is 0. The van der Waals surface area contributed by atoms with Crippen molar-refractivity contribution in [2.24, 2.45) is 5.92 Å². The molecule has 0 fully saturated rings. The van der Waals surface area contributed by atoms with Crippen LogP contribution in [0.3, 0.4) is 0 Å². The molecule has 0 saturated heterocycles. The first-order valence-electron chi connectivity index (χ1n) is 6.18. The standard InChI is InChI=1S/C14H20ClNO2/c1-10-5-6-13(17)12(8-10)14(18)16-7-3-4-11(2)9-15/h5-6,8,11,17H,3-4,7,9H2,1-2H3,(H,16,18). The summed E-state index contributed by atoms with van der Waals surface area (Å²) in [4.78, 5) is 11.8. The largest absolute Gasteiger partial charge is 0.507 e. The number of halogens is 1. The zero-order valence-electron chi connectivity index (χ0n) is 10.9. The van der Waals surface area contributed by atoms with Crippen LogP contribution in [0.2, 0.25) is 0 Å². The molecular formula is C14H20ClNO2. The van der Waals surface area contributed by atoms with Crippen LogP contribution in [0.4, 0.5) is 0 Å². The van der Waals surface area contributed by atoms with E-state index in [-0.39, 0.29) is 11.7 Å². The van der Waals surface area contributed by atoms with Crippen molar-refractivity contribution in [1.29, 1.82) is 0 Å². The highest BCUT2D eigenvalue weighted by molar-refractivity contribution is 6.18. The minimum atomic E-state index is -0.227. The maximum Gasteiger partial charge on any atom is 0.255 e. The van der Waals surface area contributed by atoms with Gasteiger partial charge in [0.2, 0.25) is 0 Å². The van der Waals surface area contributed by atoms with E-state index in [4.69, 9.17) is 11.6 Å². The molecule has 3 nitrogen and oxygen atoms in total. The Balaban J connectivity index is 2.43. The van der Waals surface area contributed by atoms with Gasteiger partial charge < -0.3 is 10.4 Å². The number of phenolic OH excluding ortho intramolecular Hbond substituents is 1. The average molecular weight is 270 g/mol. The lowest BCUT2D eigenvalue weighted by Gasteiger charge is -2.09. The summed E-state index contributed by atoms with van der Waals surface area (Å²) in [6, 6.07) is 5.00. The molecule has 0 aliphatic heterocycles. The zero-order chi connectivity index (χ0) is 13.5. The number of benzene rings is 1. The van der Waals surface area contributed by atoms with Gasteiger partial charge in [0.25, 0.3) is 5.91 Å². The summed E-state index contributed by atoms with van der Waals surface area (Å²) in [5, 5.41) is 12.4. The van der Waals surface area contributed by atoms with Crippen molar-refractivity contribution < 1.29 is 9.90 Å². The number of aromatic hydroxyl groups is 1. The van der Waals surface area contributed by atoms with Crippen LogP contribution in [0.15, 0.2) is 18.2 Å². The van der Waals surface area contributed by atoms with Gasteiger partial charge in [-0.3, -0.25) is 4.79 Å². The topological polar surface area (TPSA) is 49.3 Å². The van der Waals surface area contributed by atoms with Crippen molar-refractivity contribution in [1.82, 2.24) is 5.32 Å². The molecule has 1 rings (SSSR count). The van der Waals surface area contributed by atoms with Crippen molar-refractivity contribution >= 4 is 17.5 Å². The third-order valence-corrected chi connectivity index (χ3v) is 3.35. The monoisotopic (exact) mass is 269 g/mol. The van der Waals surface area contributed by atoms with Crippen LogP contribution in [-0.2, 0) is 0 Å². The van der Waals surface area contributed by atoms with Gasteiger partial charge >= 0.3 is 0 Å². The molecule has 1 aromatic carbocycles. The summed E-state index contributed by atoms with van der Waals surface area (Å²) in [5.41, 5.74) is 1.29. The highest BCUT2D eigenvalue weighted by Crippen LogP contribution is 2.17. The van der Waals surface area contributed by atoms with E-state index in [1.807, 2.05) is 6.92 Å². The van der Waals surface area contributed by atoms with Crippen LogP contribution in [0.5, 0.6) is 5.75 Å². The highest BCUT2D eigenvalue weighted by Gasteiger charge is 2.10. The number of amides is 1. The summed E-state index contributed by atoms with van der Waals surface area (Å²) >= 11 is 5.71. The van der Waals surface area contributed by atoms with Crippen LogP contribution < -0.4 is 5.32 Å². The number of carbonyl (C=O) groups is 1. The second kappa shape index (κ2) is 7.27. The third kappa shape index (κ3) is 4.57. The quantitative estimate of drug-likeness (QED) is 0.616. The van der Waals surface area contributed by atoms with E-state index < -0.39 is 0 Å². The molecule has 0 spiro atoms. The van der Waals surface area contributed by atoms with Gasteiger partial charge in [-0.1, -0.05) is 18.6 Å². The number of hydrogen-bond donors (Lipinski definition) is 2. The SMILES string of the molecule is Cc1ccc(O)c(C(=O)NCCCC(C)CCl)c1. The van der Waals surface area contributed by atoms with E-state index in [0.29, 0.717) is 23.9 Å². The molecule has 18 heavy (non-hydrogen) atoms. The molecule has 0 aromatic heterocycles. The molecule has 1 atom stereocenters. The fourth-order valence-corrected chi connectivity index (χ4v) is 1.81. The number of aryl methyl sites for hydroxylation is 1. The highest BCUT2D eigenvalue weighted by atomic mass is 35.5. The van der Waals surface area contributed by atoms with Gasteiger partial charge in [0.1, 0.15) is 5.75 Å². The Morgan fingerprint density at radius 3 is 2.89 bits per heavy atom. The number of phenols is 1. The first-order chi connectivity index (χ1) is 8.54. The predicted molar refractivity (Wildman–Crippen MR) is 74.3 cm³/mol. The van der Waals surface area contributed by atoms with Crippen LogP contribution in [0.25, 0.3) is 0 Å². The van der Waals surface area contributed by atoms with E-state index in [1.165, 1.54) is 0 Å². The normalized spacial score (nSPS) is 12.2. The molecule has 0 radical (unpaired) electrons. The van der Waals surface area contributed by atoms with Crippen molar-refractivity contribution in [3.8, 4) is 5.75 Å². The second-order valence-electron chi connectivity index (χ2n) is 4.68. The number of alkyl halides is 1. The van der Waals surface area contributed by atoms with Crippen molar-refractivity contribution in [2.75, 3.05) is 12.4 Å². The van der Waals surface area contributed by atoms with Gasteiger partial charge in [0.05, 0.1) is 5.56 Å². The van der Waals surface area contributed by atoms with E-state index in [1.54, 1.807) is 18.2 Å². The minimum Gasteiger partial charge on any atom is -0.507 e. The second-order valence-corrected chi connectivity index (χ2v) is 4.99. The molecule has 1 unspecified atom stereocenters. The Labute approximate surface area is 113 Å². The van der Waals surface area contributed by atoms with E-state index in [2.05, 4.69) is 12.2 Å². The molecule has 0 bridgehead atoms. The Morgan fingerprint density at radius 2 is 2.22 bits per heavy atom. The lowest BCUT2D eigenvalue weighted by Crippen LogP contribution is -2.25. The maximum absolute atomic E-state index is 11.8. The molecule has 0 aliphatic rings. The smallest absolute Gasteiger partial charge is 0.255 e. The summed E-state index contributed by atoms with van der Waals surface area (Å²) in [6.45, 7) is 4.58. The van der Waals surface area contributed by atoms with Crippen molar-refractivity contribution in [2.45, 2.75) is 26.7 Å². The molecule has 0 saturated carbocycles. The number of rotatable bonds is 6. The zero-order valence-corrected chi connectivity index (χ0v) is 11.6. The van der Waals surface area contributed by atoms with E-state index >= 15 is 0 Å². The number of nitrogens with one attached hydrogen (secondary N) is 1. The van der Waals surface area contributed by atoms with Gasteiger partial charge in [-0.25, -0.2) is 0 Å². The van der Waals surface area contributed by atoms with Crippen LogP contribution in [-0.4, -0.2) is 23.4 Å². The fourth-order valence-electron chi connectivity index (χ4n) is 1.66. The Hall–Kier alpha value is -1.22. The Bertz CT molecular complexity index is 407. The minimum absolute atomic E-state index is 0.0206. The van der Waals surface area contributed by atoms with E-state index in [9.17, 15) is 9.90 Å². The predicted octanol–water partition coefficient (Wildman–Crippen LogP) is 3.09. The van der Waals surface area contributed by atoms with Crippen LogP contribution in [0.1, 0.15) is 35.7 Å². The van der Waals surface area contributed by atoms with Gasteiger partial charge in [0.15, 0.2) is 0 Å². The number of hydrogen-bond acceptors (Lipinski definition) is 2. The molecule has 0 aliphatic carbocycles. The molecule has 100 valence electrons. The Kier molecular flexibility index (Phi) is 5.99.